The van der Waals surface area contributed by atoms with Crippen molar-refractivity contribution in [2.24, 2.45) is 0 Å². The van der Waals surface area contributed by atoms with Gasteiger partial charge < -0.3 is 4.90 Å². The van der Waals surface area contributed by atoms with E-state index < -0.39 is 0 Å². The summed E-state index contributed by atoms with van der Waals surface area (Å²) in [4.78, 5) is 2.35. The molecule has 0 aliphatic heterocycles. The molecule has 0 amide bonds. The van der Waals surface area contributed by atoms with E-state index in [9.17, 15) is 0 Å². The lowest BCUT2D eigenvalue weighted by Gasteiger charge is -2.20. The van der Waals surface area contributed by atoms with Crippen LogP contribution in [0.1, 0.15) is 27.2 Å². The van der Waals surface area contributed by atoms with Gasteiger partial charge in [-0.3, -0.25) is 0 Å². The predicted octanol–water partition coefficient (Wildman–Crippen LogP) is 1.74. The maximum absolute atomic E-state index is 2.35. The zero-order valence-electron chi connectivity index (χ0n) is 6.44. The van der Waals surface area contributed by atoms with Crippen molar-refractivity contribution in [2.45, 2.75) is 33.2 Å². The van der Waals surface area contributed by atoms with Crippen molar-refractivity contribution >= 4 is 0 Å². The third kappa shape index (κ3) is 2.31. The zero-order valence-corrected chi connectivity index (χ0v) is 6.44. The van der Waals surface area contributed by atoms with Gasteiger partial charge in [0.1, 0.15) is 0 Å². The SMILES string of the molecule is CC[C@@H](C)N(C)CC. The lowest BCUT2D eigenvalue weighted by Crippen LogP contribution is -2.27. The van der Waals surface area contributed by atoms with Crippen molar-refractivity contribution in [2.75, 3.05) is 13.6 Å². The van der Waals surface area contributed by atoms with E-state index in [-0.39, 0.29) is 0 Å². The fourth-order valence-electron chi connectivity index (χ4n) is 0.623. The highest BCUT2D eigenvalue weighted by Gasteiger charge is 2.01. The van der Waals surface area contributed by atoms with Gasteiger partial charge in [-0.25, -0.2) is 0 Å². The summed E-state index contributed by atoms with van der Waals surface area (Å²) in [6.07, 6.45) is 1.25. The van der Waals surface area contributed by atoms with Crippen molar-refractivity contribution < 1.29 is 0 Å². The second-order valence-corrected chi connectivity index (χ2v) is 2.33. The average Bonchev–Trinajstić information content (AvgIpc) is 1.84. The molecule has 0 aliphatic rings. The quantitative estimate of drug-likeness (QED) is 0.541. The molecule has 0 aromatic carbocycles. The van der Waals surface area contributed by atoms with E-state index in [0.717, 1.165) is 12.6 Å². The molecule has 0 bridgehead atoms. The summed E-state index contributed by atoms with van der Waals surface area (Å²) in [7, 11) is 2.16. The van der Waals surface area contributed by atoms with Crippen LogP contribution in [0.15, 0.2) is 0 Å². The predicted molar refractivity (Wildman–Crippen MR) is 38.1 cm³/mol. The lowest BCUT2D eigenvalue weighted by atomic mass is 10.2. The molecule has 1 nitrogen and oxygen atoms in total. The summed E-state index contributed by atoms with van der Waals surface area (Å²) >= 11 is 0. The second-order valence-electron chi connectivity index (χ2n) is 2.33. The van der Waals surface area contributed by atoms with Crippen LogP contribution in [0.5, 0.6) is 0 Å². The van der Waals surface area contributed by atoms with Gasteiger partial charge in [-0.1, -0.05) is 13.8 Å². The summed E-state index contributed by atoms with van der Waals surface area (Å²) in [6.45, 7) is 7.82. The summed E-state index contributed by atoms with van der Waals surface area (Å²) in [5, 5.41) is 0. The Hall–Kier alpha value is -0.0400. The van der Waals surface area contributed by atoms with Crippen LogP contribution in [-0.4, -0.2) is 24.5 Å². The van der Waals surface area contributed by atoms with Gasteiger partial charge in [0.25, 0.3) is 0 Å². The first-order valence-corrected chi connectivity index (χ1v) is 3.42. The Morgan fingerprint density at radius 1 is 1.38 bits per heavy atom. The molecule has 0 aliphatic carbocycles. The van der Waals surface area contributed by atoms with E-state index >= 15 is 0 Å². The Morgan fingerprint density at radius 3 is 2.00 bits per heavy atom. The van der Waals surface area contributed by atoms with Crippen molar-refractivity contribution in [1.82, 2.24) is 4.90 Å². The molecule has 0 radical (unpaired) electrons. The highest BCUT2D eigenvalue weighted by molar-refractivity contribution is 4.56. The Morgan fingerprint density at radius 2 is 1.88 bits per heavy atom. The van der Waals surface area contributed by atoms with Crippen molar-refractivity contribution in [3.05, 3.63) is 0 Å². The zero-order chi connectivity index (χ0) is 6.57. The number of hydrogen-bond donors (Lipinski definition) is 0. The van der Waals surface area contributed by atoms with E-state index in [1.54, 1.807) is 0 Å². The normalized spacial score (nSPS) is 14.6. The highest BCUT2D eigenvalue weighted by Crippen LogP contribution is 1.97. The van der Waals surface area contributed by atoms with Gasteiger partial charge >= 0.3 is 0 Å². The summed E-state index contributed by atoms with van der Waals surface area (Å²) in [6, 6.07) is 0.750. The molecule has 0 rings (SSSR count). The number of nitrogens with zero attached hydrogens (tertiary/aromatic N) is 1. The molecule has 0 heterocycles. The number of hydrogen-bond acceptors (Lipinski definition) is 1. The minimum Gasteiger partial charge on any atom is -0.304 e. The third-order valence-electron chi connectivity index (χ3n) is 1.84. The van der Waals surface area contributed by atoms with Crippen molar-refractivity contribution in [1.29, 1.82) is 0 Å². The van der Waals surface area contributed by atoms with Gasteiger partial charge in [0, 0.05) is 6.04 Å². The summed E-state index contributed by atoms with van der Waals surface area (Å²) in [5.41, 5.74) is 0. The summed E-state index contributed by atoms with van der Waals surface area (Å²) in [5.74, 6) is 0. The number of rotatable bonds is 3. The molecule has 0 N–H and O–H groups in total. The molecule has 1 heteroatoms. The maximum atomic E-state index is 2.35. The molecule has 0 aromatic rings. The molecule has 1 atom stereocenters. The Kier molecular flexibility index (Phi) is 3.88. The maximum Gasteiger partial charge on any atom is 0.00611 e. The van der Waals surface area contributed by atoms with Gasteiger partial charge in [0.15, 0.2) is 0 Å². The van der Waals surface area contributed by atoms with Gasteiger partial charge in [-0.2, -0.15) is 0 Å². The molecule has 0 unspecified atom stereocenters. The van der Waals surface area contributed by atoms with E-state index in [1.807, 2.05) is 0 Å². The van der Waals surface area contributed by atoms with E-state index in [4.69, 9.17) is 0 Å². The first-order chi connectivity index (χ1) is 3.72. The summed E-state index contributed by atoms with van der Waals surface area (Å²) < 4.78 is 0. The van der Waals surface area contributed by atoms with Crippen molar-refractivity contribution in [3.8, 4) is 0 Å². The van der Waals surface area contributed by atoms with Crippen LogP contribution in [0.2, 0.25) is 0 Å². The smallest absolute Gasteiger partial charge is 0.00611 e. The minimum absolute atomic E-state index is 0.750. The monoisotopic (exact) mass is 115 g/mol. The average molecular weight is 115 g/mol. The molecule has 50 valence electrons. The minimum atomic E-state index is 0.750. The first kappa shape index (κ1) is 7.96. The molecule has 0 aromatic heterocycles. The van der Waals surface area contributed by atoms with E-state index in [1.165, 1.54) is 6.42 Å². The molecular formula is C7H17N. The van der Waals surface area contributed by atoms with E-state index in [0.29, 0.717) is 0 Å². The molecule has 0 saturated carbocycles. The molecule has 0 spiro atoms. The van der Waals surface area contributed by atoms with Crippen molar-refractivity contribution in [3.63, 3.8) is 0 Å². The lowest BCUT2D eigenvalue weighted by molar-refractivity contribution is 0.265. The standard InChI is InChI=1S/C7H17N/c1-5-7(3)8(4)6-2/h7H,5-6H2,1-4H3/t7-/m1/s1. The first-order valence-electron chi connectivity index (χ1n) is 3.42. The van der Waals surface area contributed by atoms with Crippen LogP contribution < -0.4 is 0 Å². The van der Waals surface area contributed by atoms with Crippen LogP contribution in [-0.2, 0) is 0 Å². The van der Waals surface area contributed by atoms with Crippen LogP contribution >= 0.6 is 0 Å². The van der Waals surface area contributed by atoms with Crippen LogP contribution in [0.3, 0.4) is 0 Å². The fraction of sp³-hybridized carbons (Fsp3) is 1.00. The largest absolute Gasteiger partial charge is 0.304 e. The van der Waals surface area contributed by atoms with Crippen LogP contribution in [0.4, 0.5) is 0 Å². The van der Waals surface area contributed by atoms with Gasteiger partial charge in [-0.15, -0.1) is 0 Å². The van der Waals surface area contributed by atoms with Gasteiger partial charge in [0.05, 0.1) is 0 Å². The second kappa shape index (κ2) is 3.90. The van der Waals surface area contributed by atoms with Gasteiger partial charge in [-0.05, 0) is 26.9 Å². The molecular weight excluding hydrogens is 98.1 g/mol. The highest BCUT2D eigenvalue weighted by atomic mass is 15.1. The molecule has 8 heavy (non-hydrogen) atoms. The fourth-order valence-corrected chi connectivity index (χ4v) is 0.623. The van der Waals surface area contributed by atoms with Crippen LogP contribution in [0.25, 0.3) is 0 Å². The molecule has 0 fully saturated rings. The Bertz CT molecular complexity index is 44.3. The van der Waals surface area contributed by atoms with Gasteiger partial charge in [0.2, 0.25) is 0 Å². The topological polar surface area (TPSA) is 3.24 Å². The molecule has 0 saturated heterocycles. The Labute approximate surface area is 52.7 Å². The third-order valence-corrected chi connectivity index (χ3v) is 1.84. The van der Waals surface area contributed by atoms with Crippen LogP contribution in [0, 0.1) is 0 Å². The Balaban J connectivity index is 3.29. The van der Waals surface area contributed by atoms with E-state index in [2.05, 4.69) is 32.7 Å².